The molecular formula is C30H62. The summed E-state index contributed by atoms with van der Waals surface area (Å²) >= 11 is 0. The first-order valence-corrected chi connectivity index (χ1v) is 14.2. The van der Waals surface area contributed by atoms with Gasteiger partial charge in [0.2, 0.25) is 0 Å². The van der Waals surface area contributed by atoms with Crippen LogP contribution in [0.1, 0.15) is 158 Å². The second-order valence-corrected chi connectivity index (χ2v) is 12.2. The van der Waals surface area contributed by atoms with Gasteiger partial charge in [-0.15, -0.1) is 0 Å². The van der Waals surface area contributed by atoms with Gasteiger partial charge >= 0.3 is 0 Å². The van der Waals surface area contributed by atoms with E-state index in [1.165, 1.54) is 103 Å². The molecule has 0 heteroatoms. The summed E-state index contributed by atoms with van der Waals surface area (Å²) in [4.78, 5) is 0. The highest BCUT2D eigenvalue weighted by atomic mass is 14.1. The van der Waals surface area contributed by atoms with Gasteiger partial charge in [0.25, 0.3) is 0 Å². The van der Waals surface area contributed by atoms with Gasteiger partial charge in [-0.1, -0.05) is 158 Å². The Morgan fingerprint density at radius 3 is 0.700 bits per heavy atom. The molecule has 0 nitrogen and oxygen atoms in total. The van der Waals surface area contributed by atoms with Crippen LogP contribution in [-0.4, -0.2) is 0 Å². The normalized spacial score (nSPS) is 16.2. The molecule has 0 saturated heterocycles. The average Bonchev–Trinajstić information content (AvgIpc) is 2.64. The fourth-order valence-electron chi connectivity index (χ4n) is 4.94. The minimum Gasteiger partial charge on any atom is -0.0628 e. The second-order valence-electron chi connectivity index (χ2n) is 12.2. The highest BCUT2D eigenvalue weighted by Gasteiger charge is 2.09. The van der Waals surface area contributed by atoms with E-state index < -0.39 is 0 Å². The zero-order valence-corrected chi connectivity index (χ0v) is 22.8. The zero-order valence-electron chi connectivity index (χ0n) is 22.8. The van der Waals surface area contributed by atoms with Crippen LogP contribution in [0.15, 0.2) is 0 Å². The fourth-order valence-corrected chi connectivity index (χ4v) is 4.94. The highest BCUT2D eigenvalue weighted by Crippen LogP contribution is 2.24. The summed E-state index contributed by atoms with van der Waals surface area (Å²) in [6, 6.07) is 0. The Morgan fingerprint density at radius 1 is 0.267 bits per heavy atom. The number of hydrogen-bond acceptors (Lipinski definition) is 0. The molecule has 30 heavy (non-hydrogen) atoms. The first-order chi connectivity index (χ1) is 14.2. The molecule has 0 aliphatic carbocycles. The van der Waals surface area contributed by atoms with Gasteiger partial charge in [-0.25, -0.2) is 0 Å². The van der Waals surface area contributed by atoms with Gasteiger partial charge in [0.1, 0.15) is 0 Å². The summed E-state index contributed by atoms with van der Waals surface area (Å²) in [5.74, 6) is 5.51. The van der Waals surface area contributed by atoms with E-state index in [1.807, 2.05) is 0 Å². The number of hydrogen-bond donors (Lipinski definition) is 0. The van der Waals surface area contributed by atoms with Gasteiger partial charge in [0.05, 0.1) is 0 Å². The third kappa shape index (κ3) is 21.2. The predicted octanol–water partition coefficient (Wildman–Crippen LogP) is 11.1. The van der Waals surface area contributed by atoms with Crippen molar-refractivity contribution in [2.75, 3.05) is 0 Å². The Morgan fingerprint density at radius 2 is 0.467 bits per heavy atom. The standard InChI is InChI=1S/C30H62/c1-25(2)15-11-19-29(7)23-13-21-27(5)17-9-10-18-28(6)22-14-24-30(8)20-12-16-26(3)4/h25-30H,9-24H2,1-8H3/t27-,28-,29+,30+/m1/s1. The van der Waals surface area contributed by atoms with Crippen molar-refractivity contribution in [3.05, 3.63) is 0 Å². The quantitative estimate of drug-likeness (QED) is 0.161. The third-order valence-electron chi connectivity index (χ3n) is 7.39. The first kappa shape index (κ1) is 30.0. The predicted molar refractivity (Wildman–Crippen MR) is 140 cm³/mol. The molecule has 0 amide bonds. The molecule has 0 N–H and O–H groups in total. The van der Waals surface area contributed by atoms with Crippen LogP contribution in [0.2, 0.25) is 0 Å². The maximum atomic E-state index is 2.49. The van der Waals surface area contributed by atoms with Crippen LogP contribution in [0.4, 0.5) is 0 Å². The van der Waals surface area contributed by atoms with E-state index in [-0.39, 0.29) is 0 Å². The van der Waals surface area contributed by atoms with Crippen molar-refractivity contribution in [1.82, 2.24) is 0 Å². The minimum atomic E-state index is 0.878. The molecule has 0 fully saturated rings. The van der Waals surface area contributed by atoms with Gasteiger partial charge in [0, 0.05) is 0 Å². The summed E-state index contributed by atoms with van der Waals surface area (Å²) in [6.07, 6.45) is 23.2. The lowest BCUT2D eigenvalue weighted by molar-refractivity contribution is 0.369. The molecule has 0 unspecified atom stereocenters. The maximum absolute atomic E-state index is 2.49. The van der Waals surface area contributed by atoms with Crippen molar-refractivity contribution < 1.29 is 0 Å². The van der Waals surface area contributed by atoms with Crippen LogP contribution in [0, 0.1) is 35.5 Å². The molecule has 0 bridgehead atoms. The number of rotatable bonds is 21. The zero-order chi connectivity index (χ0) is 22.8. The lowest BCUT2D eigenvalue weighted by Gasteiger charge is -2.16. The van der Waals surface area contributed by atoms with E-state index in [4.69, 9.17) is 0 Å². The first-order valence-electron chi connectivity index (χ1n) is 14.2. The van der Waals surface area contributed by atoms with Gasteiger partial charge in [0.15, 0.2) is 0 Å². The van der Waals surface area contributed by atoms with Crippen molar-refractivity contribution in [1.29, 1.82) is 0 Å². The Hall–Kier alpha value is 0. The minimum absolute atomic E-state index is 0.878. The van der Waals surface area contributed by atoms with Crippen LogP contribution in [-0.2, 0) is 0 Å². The van der Waals surface area contributed by atoms with Gasteiger partial charge in [-0.3, -0.25) is 0 Å². The third-order valence-corrected chi connectivity index (χ3v) is 7.39. The summed E-state index contributed by atoms with van der Waals surface area (Å²) in [7, 11) is 0. The largest absolute Gasteiger partial charge is 0.0628 e. The average molecular weight is 423 g/mol. The Balaban J connectivity index is 3.54. The van der Waals surface area contributed by atoms with Gasteiger partial charge < -0.3 is 0 Å². The molecule has 0 spiro atoms. The van der Waals surface area contributed by atoms with Crippen molar-refractivity contribution in [2.24, 2.45) is 35.5 Å². The van der Waals surface area contributed by atoms with E-state index in [0.717, 1.165) is 35.5 Å². The van der Waals surface area contributed by atoms with Crippen molar-refractivity contribution in [2.45, 2.75) is 158 Å². The van der Waals surface area contributed by atoms with E-state index in [9.17, 15) is 0 Å². The van der Waals surface area contributed by atoms with Crippen LogP contribution >= 0.6 is 0 Å². The maximum Gasteiger partial charge on any atom is -0.0443 e. The monoisotopic (exact) mass is 422 g/mol. The van der Waals surface area contributed by atoms with Crippen molar-refractivity contribution in [3.63, 3.8) is 0 Å². The molecule has 0 aromatic rings. The van der Waals surface area contributed by atoms with Crippen LogP contribution < -0.4 is 0 Å². The molecule has 0 radical (unpaired) electrons. The van der Waals surface area contributed by atoms with Crippen molar-refractivity contribution >= 4 is 0 Å². The molecule has 0 saturated carbocycles. The van der Waals surface area contributed by atoms with E-state index in [0.29, 0.717) is 0 Å². The molecule has 0 aliphatic rings. The molecular weight excluding hydrogens is 360 g/mol. The van der Waals surface area contributed by atoms with Crippen LogP contribution in [0.3, 0.4) is 0 Å². The highest BCUT2D eigenvalue weighted by molar-refractivity contribution is 4.62. The molecule has 0 aromatic carbocycles. The number of unbranched alkanes of at least 4 members (excludes halogenated alkanes) is 1. The molecule has 0 aromatic heterocycles. The van der Waals surface area contributed by atoms with Gasteiger partial charge in [-0.2, -0.15) is 0 Å². The SMILES string of the molecule is CC(C)CCC[C@H](C)CCC[C@H](C)CCCC[C@@H](C)CCC[C@@H](C)CCCC(C)C. The van der Waals surface area contributed by atoms with Gasteiger partial charge in [-0.05, 0) is 35.5 Å². The summed E-state index contributed by atoms with van der Waals surface area (Å²) in [6.45, 7) is 19.3. The van der Waals surface area contributed by atoms with E-state index >= 15 is 0 Å². The lowest BCUT2D eigenvalue weighted by atomic mass is 9.90. The second kappa shape index (κ2) is 19.7. The molecule has 4 atom stereocenters. The summed E-state index contributed by atoms with van der Waals surface area (Å²) in [5, 5.41) is 0. The molecule has 0 aliphatic heterocycles. The van der Waals surface area contributed by atoms with E-state index in [1.54, 1.807) is 0 Å². The Kier molecular flexibility index (Phi) is 19.7. The molecule has 0 heterocycles. The van der Waals surface area contributed by atoms with E-state index in [2.05, 4.69) is 55.4 Å². The topological polar surface area (TPSA) is 0 Å². The molecule has 0 rings (SSSR count). The molecule has 182 valence electrons. The lowest BCUT2D eigenvalue weighted by Crippen LogP contribution is -2.01. The fraction of sp³-hybridized carbons (Fsp3) is 1.00. The van der Waals surface area contributed by atoms with Crippen LogP contribution in [0.5, 0.6) is 0 Å². The van der Waals surface area contributed by atoms with Crippen LogP contribution in [0.25, 0.3) is 0 Å². The smallest absolute Gasteiger partial charge is 0.0443 e. The Labute approximate surface area is 193 Å². The summed E-state index contributed by atoms with van der Waals surface area (Å²) in [5.41, 5.74) is 0. The van der Waals surface area contributed by atoms with Crippen molar-refractivity contribution in [3.8, 4) is 0 Å². The Bertz CT molecular complexity index is 308. The summed E-state index contributed by atoms with van der Waals surface area (Å²) < 4.78 is 0.